The van der Waals surface area contributed by atoms with Crippen LogP contribution >= 0.6 is 11.6 Å². The van der Waals surface area contributed by atoms with E-state index in [2.05, 4.69) is 10.0 Å². The first-order valence-corrected chi connectivity index (χ1v) is 10.7. The highest BCUT2D eigenvalue weighted by molar-refractivity contribution is 7.92. The van der Waals surface area contributed by atoms with E-state index in [0.717, 1.165) is 5.56 Å². The predicted molar refractivity (Wildman–Crippen MR) is 108 cm³/mol. The summed E-state index contributed by atoms with van der Waals surface area (Å²) in [6, 6.07) is 9.33. The van der Waals surface area contributed by atoms with E-state index in [-0.39, 0.29) is 23.1 Å². The molecule has 4 rings (SSSR count). The number of aryl methyl sites for hydroxylation is 1. The number of nitrogens with one attached hydrogen (secondary N) is 2. The lowest BCUT2D eigenvalue weighted by molar-refractivity contribution is -0.134. The third-order valence-electron chi connectivity index (χ3n) is 4.92. The largest absolute Gasteiger partial charge is 0.464 e. The second kappa shape index (κ2) is 7.20. The van der Waals surface area contributed by atoms with Crippen LogP contribution in [0.25, 0.3) is 11.0 Å². The standard InChI is InChI=1S/C20H17ClN2O5S/c1-11-2-4-13(9-17(11)21)29(26,27)23-12-3-6-18-15(8-12)16(10-28-18)14-5-7-19(24)22-20(14)25/h2-4,6,8-10,14,23H,5,7H2,1H3,(H,22,24,25). The van der Waals surface area contributed by atoms with Gasteiger partial charge in [-0.25, -0.2) is 8.42 Å². The Hall–Kier alpha value is -2.84. The van der Waals surface area contributed by atoms with Gasteiger partial charge in [-0.2, -0.15) is 0 Å². The molecule has 0 saturated carbocycles. The normalized spacial score (nSPS) is 17.4. The molecule has 1 aliphatic rings. The number of carbonyl (C=O) groups excluding carboxylic acids is 2. The van der Waals surface area contributed by atoms with Crippen LogP contribution in [0.2, 0.25) is 5.02 Å². The number of anilines is 1. The highest BCUT2D eigenvalue weighted by Crippen LogP contribution is 2.34. The summed E-state index contributed by atoms with van der Waals surface area (Å²) in [5.74, 6) is -1.22. The number of hydrogen-bond donors (Lipinski definition) is 2. The van der Waals surface area contributed by atoms with Crippen LogP contribution in [-0.2, 0) is 19.6 Å². The van der Waals surface area contributed by atoms with E-state index in [1.165, 1.54) is 18.4 Å². The summed E-state index contributed by atoms with van der Waals surface area (Å²) >= 11 is 6.05. The first-order valence-electron chi connectivity index (χ1n) is 8.88. The molecule has 2 amide bonds. The van der Waals surface area contributed by atoms with E-state index in [1.807, 2.05) is 0 Å². The minimum absolute atomic E-state index is 0.0470. The smallest absolute Gasteiger partial charge is 0.261 e. The van der Waals surface area contributed by atoms with Crippen molar-refractivity contribution in [2.75, 3.05) is 4.72 Å². The summed E-state index contributed by atoms with van der Waals surface area (Å²) in [4.78, 5) is 23.7. The molecular weight excluding hydrogens is 416 g/mol. The van der Waals surface area contributed by atoms with Gasteiger partial charge < -0.3 is 4.42 Å². The van der Waals surface area contributed by atoms with Gasteiger partial charge in [0.25, 0.3) is 10.0 Å². The summed E-state index contributed by atoms with van der Waals surface area (Å²) in [6.07, 6.45) is 2.09. The monoisotopic (exact) mass is 432 g/mol. The minimum atomic E-state index is -3.85. The van der Waals surface area contributed by atoms with Crippen molar-refractivity contribution >= 4 is 50.1 Å². The molecule has 3 aromatic rings. The zero-order valence-corrected chi connectivity index (χ0v) is 16.9. The van der Waals surface area contributed by atoms with Gasteiger partial charge in [-0.15, -0.1) is 0 Å². The van der Waals surface area contributed by atoms with E-state index in [0.29, 0.717) is 33.7 Å². The van der Waals surface area contributed by atoms with Crippen molar-refractivity contribution in [1.29, 1.82) is 0 Å². The number of amides is 2. The number of furan rings is 1. The van der Waals surface area contributed by atoms with Gasteiger partial charge in [0.2, 0.25) is 11.8 Å². The Labute approximate surface area is 172 Å². The van der Waals surface area contributed by atoms with Crippen LogP contribution in [0.5, 0.6) is 0 Å². The van der Waals surface area contributed by atoms with Crippen molar-refractivity contribution in [2.24, 2.45) is 0 Å². The number of halogens is 1. The van der Waals surface area contributed by atoms with Crippen molar-refractivity contribution < 1.29 is 22.4 Å². The highest BCUT2D eigenvalue weighted by atomic mass is 35.5. The quantitative estimate of drug-likeness (QED) is 0.611. The topological polar surface area (TPSA) is 105 Å². The van der Waals surface area contributed by atoms with Crippen LogP contribution < -0.4 is 10.0 Å². The molecule has 1 aliphatic heterocycles. The Bertz CT molecular complexity index is 1250. The molecule has 29 heavy (non-hydrogen) atoms. The van der Waals surface area contributed by atoms with Gasteiger partial charge >= 0.3 is 0 Å². The Kier molecular flexibility index (Phi) is 4.84. The molecule has 2 N–H and O–H groups in total. The molecule has 1 fully saturated rings. The van der Waals surface area contributed by atoms with Crippen LogP contribution in [0.1, 0.15) is 29.9 Å². The van der Waals surface area contributed by atoms with Crippen molar-refractivity contribution in [3.8, 4) is 0 Å². The third-order valence-corrected chi connectivity index (χ3v) is 6.71. The van der Waals surface area contributed by atoms with Crippen LogP contribution in [0.15, 0.2) is 52.0 Å². The number of carbonyl (C=O) groups is 2. The molecule has 0 radical (unpaired) electrons. The summed E-state index contributed by atoms with van der Waals surface area (Å²) in [5, 5.41) is 3.30. The molecule has 2 heterocycles. The van der Waals surface area contributed by atoms with E-state index in [4.69, 9.17) is 16.0 Å². The van der Waals surface area contributed by atoms with Crippen molar-refractivity contribution in [1.82, 2.24) is 5.32 Å². The fraction of sp³-hybridized carbons (Fsp3) is 0.200. The zero-order valence-electron chi connectivity index (χ0n) is 15.4. The minimum Gasteiger partial charge on any atom is -0.464 e. The van der Waals surface area contributed by atoms with Gasteiger partial charge in [0.15, 0.2) is 0 Å². The summed E-state index contributed by atoms with van der Waals surface area (Å²) in [6.45, 7) is 1.79. The maximum Gasteiger partial charge on any atom is 0.261 e. The molecule has 1 unspecified atom stereocenters. The second-order valence-corrected chi connectivity index (χ2v) is 9.01. The third kappa shape index (κ3) is 3.73. The number of rotatable bonds is 4. The molecule has 2 aromatic carbocycles. The Morgan fingerprint density at radius 2 is 1.97 bits per heavy atom. The maximum absolute atomic E-state index is 12.7. The summed E-state index contributed by atoms with van der Waals surface area (Å²) < 4.78 is 33.5. The molecule has 1 aromatic heterocycles. The van der Waals surface area contributed by atoms with Crippen LogP contribution in [0, 0.1) is 6.92 Å². The lowest BCUT2D eigenvalue weighted by Crippen LogP contribution is -2.39. The maximum atomic E-state index is 12.7. The number of imide groups is 1. The summed E-state index contributed by atoms with van der Waals surface area (Å²) in [7, 11) is -3.85. The zero-order chi connectivity index (χ0) is 20.8. The van der Waals surface area contributed by atoms with Crippen molar-refractivity contribution in [2.45, 2.75) is 30.6 Å². The Balaban J connectivity index is 1.67. The Morgan fingerprint density at radius 3 is 2.69 bits per heavy atom. The van der Waals surface area contributed by atoms with E-state index >= 15 is 0 Å². The van der Waals surface area contributed by atoms with Crippen LogP contribution in [-0.4, -0.2) is 20.2 Å². The fourth-order valence-electron chi connectivity index (χ4n) is 3.33. The molecule has 0 aliphatic carbocycles. The SMILES string of the molecule is Cc1ccc(S(=O)(=O)Nc2ccc3occ(C4CCC(=O)NC4=O)c3c2)cc1Cl. The molecule has 150 valence electrons. The van der Waals surface area contributed by atoms with E-state index in [9.17, 15) is 18.0 Å². The fourth-order valence-corrected chi connectivity index (χ4v) is 4.65. The van der Waals surface area contributed by atoms with Gasteiger partial charge in [-0.3, -0.25) is 19.6 Å². The molecule has 1 saturated heterocycles. The molecule has 1 atom stereocenters. The number of fused-ring (bicyclic) bond motifs is 1. The second-order valence-electron chi connectivity index (χ2n) is 6.92. The van der Waals surface area contributed by atoms with Gasteiger partial charge in [-0.1, -0.05) is 17.7 Å². The van der Waals surface area contributed by atoms with Gasteiger partial charge in [0.05, 0.1) is 17.1 Å². The van der Waals surface area contributed by atoms with Crippen molar-refractivity contribution in [3.05, 3.63) is 58.8 Å². The van der Waals surface area contributed by atoms with Crippen molar-refractivity contribution in [3.63, 3.8) is 0 Å². The average Bonchev–Trinajstić information content (AvgIpc) is 3.06. The lowest BCUT2D eigenvalue weighted by Gasteiger charge is -2.20. The molecule has 0 bridgehead atoms. The number of sulfonamides is 1. The molecular formula is C20H17ClN2O5S. The van der Waals surface area contributed by atoms with Crippen LogP contribution in [0.3, 0.4) is 0 Å². The first-order chi connectivity index (χ1) is 13.7. The molecule has 7 nitrogen and oxygen atoms in total. The molecule has 0 spiro atoms. The Morgan fingerprint density at radius 1 is 1.17 bits per heavy atom. The number of piperidine rings is 1. The molecule has 9 heteroatoms. The average molecular weight is 433 g/mol. The van der Waals surface area contributed by atoms with E-state index in [1.54, 1.807) is 31.2 Å². The number of benzene rings is 2. The van der Waals surface area contributed by atoms with Gasteiger partial charge in [-0.05, 0) is 49.2 Å². The summed E-state index contributed by atoms with van der Waals surface area (Å²) in [5.41, 5.74) is 2.24. The highest BCUT2D eigenvalue weighted by Gasteiger charge is 2.30. The van der Waals surface area contributed by atoms with Gasteiger partial charge in [0.1, 0.15) is 5.58 Å². The van der Waals surface area contributed by atoms with Gasteiger partial charge in [0, 0.05) is 28.1 Å². The predicted octanol–water partition coefficient (Wildman–Crippen LogP) is 3.72. The number of hydrogen-bond acceptors (Lipinski definition) is 5. The van der Waals surface area contributed by atoms with Crippen LogP contribution in [0.4, 0.5) is 5.69 Å². The van der Waals surface area contributed by atoms with E-state index < -0.39 is 15.9 Å². The lowest BCUT2D eigenvalue weighted by atomic mass is 9.90. The first kappa shape index (κ1) is 19.5.